The van der Waals surface area contributed by atoms with Crippen molar-refractivity contribution in [2.75, 3.05) is 7.11 Å². The number of hydrogen-bond acceptors (Lipinski definition) is 6. The Labute approximate surface area is 193 Å². The molecule has 7 nitrogen and oxygen atoms in total. The smallest absolute Gasteiger partial charge is 0.273 e. The van der Waals surface area contributed by atoms with Gasteiger partial charge in [-0.2, -0.15) is 10.4 Å². The SMILES string of the molecule is COc1cccc(C(=O)/C(C#N)=c2\s/c(=C\c3cnn(C)c3)c(=O)n2-c2cccc(C)c2)c1. The van der Waals surface area contributed by atoms with Crippen molar-refractivity contribution in [1.29, 1.82) is 5.26 Å². The molecular weight excluding hydrogens is 436 g/mol. The minimum absolute atomic E-state index is 0.113. The van der Waals surface area contributed by atoms with E-state index < -0.39 is 5.78 Å². The van der Waals surface area contributed by atoms with Crippen molar-refractivity contribution in [1.82, 2.24) is 14.3 Å². The lowest BCUT2D eigenvalue weighted by Crippen LogP contribution is -2.31. The zero-order chi connectivity index (χ0) is 23.5. The van der Waals surface area contributed by atoms with E-state index in [1.807, 2.05) is 31.2 Å². The number of carbonyl (C=O) groups is 1. The Hall–Kier alpha value is -4.22. The maximum Gasteiger partial charge on any atom is 0.273 e. The second-order valence-corrected chi connectivity index (χ2v) is 8.42. The molecule has 0 fully saturated rings. The van der Waals surface area contributed by atoms with Gasteiger partial charge in [0.15, 0.2) is 0 Å². The van der Waals surface area contributed by atoms with E-state index in [1.54, 1.807) is 60.5 Å². The lowest BCUT2D eigenvalue weighted by Gasteiger charge is -2.06. The number of ether oxygens (including phenoxy) is 1. The van der Waals surface area contributed by atoms with Crippen molar-refractivity contribution in [2.24, 2.45) is 7.05 Å². The predicted molar refractivity (Wildman–Crippen MR) is 127 cm³/mol. The second-order valence-electron chi connectivity index (χ2n) is 7.39. The molecule has 4 rings (SSSR count). The third-order valence-electron chi connectivity index (χ3n) is 4.99. The Kier molecular flexibility index (Phi) is 6.07. The van der Waals surface area contributed by atoms with Crippen molar-refractivity contribution in [2.45, 2.75) is 6.92 Å². The Morgan fingerprint density at radius 1 is 1.21 bits per heavy atom. The molecule has 0 aliphatic rings. The summed E-state index contributed by atoms with van der Waals surface area (Å²) in [5, 5.41) is 14.1. The van der Waals surface area contributed by atoms with E-state index >= 15 is 0 Å². The van der Waals surface area contributed by atoms with Crippen molar-refractivity contribution in [3.05, 3.63) is 97.2 Å². The number of carbonyl (C=O) groups excluding carboxylic acids is 1. The zero-order valence-electron chi connectivity index (χ0n) is 18.3. The molecule has 0 amide bonds. The van der Waals surface area contributed by atoms with Crippen molar-refractivity contribution in [3.63, 3.8) is 0 Å². The van der Waals surface area contributed by atoms with E-state index in [9.17, 15) is 14.9 Å². The monoisotopic (exact) mass is 456 g/mol. The van der Waals surface area contributed by atoms with E-state index in [0.717, 1.165) is 22.5 Å². The molecular formula is C25H20N4O3S. The van der Waals surface area contributed by atoms with Crippen LogP contribution in [0.3, 0.4) is 0 Å². The van der Waals surface area contributed by atoms with Crippen LogP contribution in [-0.2, 0) is 7.05 Å². The standard InChI is InChI=1S/C25H20N4O3S/c1-16-6-4-8-19(10-16)29-24(31)22(11-17-14-27-28(2)15-17)33-25(29)21(13-26)23(30)18-7-5-9-20(12-18)32-3/h4-12,14-15H,1-3H3/b22-11-,25-21-. The van der Waals surface area contributed by atoms with Crippen LogP contribution in [0.5, 0.6) is 5.75 Å². The van der Waals surface area contributed by atoms with Crippen LogP contribution < -0.4 is 19.5 Å². The number of aryl methyl sites for hydroxylation is 2. The highest BCUT2D eigenvalue weighted by atomic mass is 32.1. The molecule has 0 radical (unpaired) electrons. The summed E-state index contributed by atoms with van der Waals surface area (Å²) in [5.41, 5.74) is 2.17. The predicted octanol–water partition coefficient (Wildman–Crippen LogP) is 2.34. The van der Waals surface area contributed by atoms with Gasteiger partial charge < -0.3 is 4.74 Å². The Bertz CT molecular complexity index is 1580. The van der Waals surface area contributed by atoms with Crippen LogP contribution in [0.15, 0.2) is 65.7 Å². The van der Waals surface area contributed by atoms with Gasteiger partial charge in [0.1, 0.15) is 22.1 Å². The summed E-state index contributed by atoms with van der Waals surface area (Å²) in [6.45, 7) is 1.92. The van der Waals surface area contributed by atoms with Crippen molar-refractivity contribution in [3.8, 4) is 17.5 Å². The minimum atomic E-state index is -0.480. The molecule has 164 valence electrons. The zero-order valence-corrected chi connectivity index (χ0v) is 19.1. The summed E-state index contributed by atoms with van der Waals surface area (Å²) in [7, 11) is 3.30. The number of methoxy groups -OCH3 is 1. The number of hydrogen-bond donors (Lipinski definition) is 0. The van der Waals surface area contributed by atoms with Crippen LogP contribution in [0.25, 0.3) is 17.3 Å². The van der Waals surface area contributed by atoms with E-state index in [-0.39, 0.29) is 15.8 Å². The first-order chi connectivity index (χ1) is 15.9. The third-order valence-corrected chi connectivity index (χ3v) is 6.08. The van der Waals surface area contributed by atoms with Gasteiger partial charge in [0.2, 0.25) is 5.78 Å². The Morgan fingerprint density at radius 2 is 2.00 bits per heavy atom. The fourth-order valence-electron chi connectivity index (χ4n) is 3.42. The highest BCUT2D eigenvalue weighted by Crippen LogP contribution is 2.16. The summed E-state index contributed by atoms with van der Waals surface area (Å²) in [4.78, 5) is 26.8. The average Bonchev–Trinajstić information content (AvgIpc) is 3.37. The molecule has 33 heavy (non-hydrogen) atoms. The maximum atomic E-state index is 13.5. The molecule has 0 bridgehead atoms. The number of ketones is 1. The van der Waals surface area contributed by atoms with Gasteiger partial charge in [0, 0.05) is 24.4 Å². The maximum absolute atomic E-state index is 13.5. The molecule has 0 atom stereocenters. The number of thiazole rings is 1. The van der Waals surface area contributed by atoms with Crippen LogP contribution >= 0.6 is 11.3 Å². The first-order valence-corrected chi connectivity index (χ1v) is 10.9. The Morgan fingerprint density at radius 3 is 2.67 bits per heavy atom. The normalized spacial score (nSPS) is 12.4. The summed E-state index contributed by atoms with van der Waals surface area (Å²) in [5.74, 6) is 0.0259. The molecule has 0 saturated carbocycles. The van der Waals surface area contributed by atoms with Crippen molar-refractivity contribution >= 4 is 28.8 Å². The van der Waals surface area contributed by atoms with E-state index in [0.29, 0.717) is 21.5 Å². The second kappa shape index (κ2) is 9.10. The molecule has 0 spiro atoms. The molecule has 0 saturated heterocycles. The fourth-order valence-corrected chi connectivity index (χ4v) is 4.52. The van der Waals surface area contributed by atoms with E-state index in [4.69, 9.17) is 4.74 Å². The third kappa shape index (κ3) is 4.40. The lowest BCUT2D eigenvalue weighted by molar-refractivity contribution is 0.105. The van der Waals surface area contributed by atoms with Crippen LogP contribution in [0, 0.1) is 18.3 Å². The van der Waals surface area contributed by atoms with Gasteiger partial charge in [-0.3, -0.25) is 18.8 Å². The van der Waals surface area contributed by atoms with Crippen molar-refractivity contribution < 1.29 is 9.53 Å². The molecule has 8 heteroatoms. The van der Waals surface area contributed by atoms with Crippen LogP contribution in [0.4, 0.5) is 0 Å². The fraction of sp³-hybridized carbons (Fsp3) is 0.120. The molecule has 4 aromatic rings. The van der Waals surface area contributed by atoms with E-state index in [2.05, 4.69) is 5.10 Å². The highest BCUT2D eigenvalue weighted by Gasteiger charge is 2.19. The topological polar surface area (TPSA) is 89.9 Å². The van der Waals surface area contributed by atoms with E-state index in [1.165, 1.54) is 11.7 Å². The van der Waals surface area contributed by atoms with Gasteiger partial charge in [-0.25, -0.2) is 0 Å². The number of aromatic nitrogens is 3. The summed E-state index contributed by atoms with van der Waals surface area (Å²) >= 11 is 1.10. The number of nitriles is 1. The summed E-state index contributed by atoms with van der Waals surface area (Å²) in [6, 6.07) is 16.0. The highest BCUT2D eigenvalue weighted by molar-refractivity contribution is 7.07. The largest absolute Gasteiger partial charge is 0.497 e. The average molecular weight is 457 g/mol. The molecule has 0 aliphatic carbocycles. The van der Waals surface area contributed by atoms with Crippen LogP contribution in [0.2, 0.25) is 0 Å². The van der Waals surface area contributed by atoms with Gasteiger partial charge in [-0.1, -0.05) is 24.3 Å². The van der Waals surface area contributed by atoms with Gasteiger partial charge >= 0.3 is 0 Å². The first-order valence-electron chi connectivity index (χ1n) is 10.0. The summed E-state index contributed by atoms with van der Waals surface area (Å²) in [6.07, 6.45) is 5.14. The van der Waals surface area contributed by atoms with Gasteiger partial charge in [0.25, 0.3) is 5.56 Å². The summed E-state index contributed by atoms with van der Waals surface area (Å²) < 4.78 is 8.94. The molecule has 2 aromatic carbocycles. The first kappa shape index (κ1) is 22.0. The van der Waals surface area contributed by atoms with Crippen LogP contribution in [-0.4, -0.2) is 27.2 Å². The molecule has 0 N–H and O–H groups in total. The minimum Gasteiger partial charge on any atom is -0.497 e. The van der Waals surface area contributed by atoms with Gasteiger partial charge in [0.05, 0.1) is 23.5 Å². The van der Waals surface area contributed by atoms with Crippen LogP contribution in [0.1, 0.15) is 21.5 Å². The molecule has 2 aromatic heterocycles. The number of rotatable bonds is 5. The Balaban J connectivity index is 2.05. The lowest BCUT2D eigenvalue weighted by atomic mass is 10.1. The molecule has 0 aliphatic heterocycles. The number of benzene rings is 2. The quantitative estimate of drug-likeness (QED) is 0.430. The van der Waals surface area contributed by atoms with Gasteiger partial charge in [-0.15, -0.1) is 11.3 Å². The molecule has 0 unspecified atom stereocenters. The molecule has 2 heterocycles. The number of Topliss-reactive ketones (excluding diaryl/α,β-unsaturated/α-hetero) is 1. The number of nitrogens with zero attached hydrogens (tertiary/aromatic N) is 4. The van der Waals surface area contributed by atoms with Gasteiger partial charge in [-0.05, 0) is 42.8 Å².